The Morgan fingerprint density at radius 2 is 1.89 bits per heavy atom. The summed E-state index contributed by atoms with van der Waals surface area (Å²) in [5.41, 5.74) is 0. The molecule has 3 heteroatoms. The van der Waals surface area contributed by atoms with E-state index in [4.69, 9.17) is 0 Å². The molecule has 0 aromatic heterocycles. The first-order valence-electron chi connectivity index (χ1n) is 7.59. The molecule has 1 N–H and O–H groups in total. The van der Waals surface area contributed by atoms with Crippen LogP contribution < -0.4 is 5.32 Å². The molecule has 0 saturated carbocycles. The molecule has 1 aliphatic rings. The van der Waals surface area contributed by atoms with E-state index in [2.05, 4.69) is 44.8 Å². The molecule has 0 aromatic carbocycles. The lowest BCUT2D eigenvalue weighted by molar-refractivity contribution is -0.132. The maximum atomic E-state index is 12.5. The van der Waals surface area contributed by atoms with Gasteiger partial charge < -0.3 is 4.90 Å². The molecule has 3 unspecified atom stereocenters. The van der Waals surface area contributed by atoms with Crippen LogP contribution in [0.2, 0.25) is 0 Å². The Morgan fingerprint density at radius 3 is 2.39 bits per heavy atom. The van der Waals surface area contributed by atoms with Crippen LogP contribution in [-0.4, -0.2) is 29.1 Å². The third-order valence-electron chi connectivity index (χ3n) is 3.74. The predicted octanol–water partition coefficient (Wildman–Crippen LogP) is 3.15. The molecule has 1 aliphatic heterocycles. The average Bonchev–Trinajstić information content (AvgIpc) is 2.55. The minimum Gasteiger partial charge on any atom is -0.323 e. The number of carbonyl (C=O) groups is 1. The van der Waals surface area contributed by atoms with Gasteiger partial charge in [0.2, 0.25) is 5.91 Å². The van der Waals surface area contributed by atoms with Crippen LogP contribution in [-0.2, 0) is 4.79 Å². The summed E-state index contributed by atoms with van der Waals surface area (Å²) < 4.78 is 0. The van der Waals surface area contributed by atoms with Gasteiger partial charge in [0.15, 0.2) is 0 Å². The number of hydrogen-bond acceptors (Lipinski definition) is 2. The molecule has 1 heterocycles. The Labute approximate surface area is 112 Å². The Bertz CT molecular complexity index is 265. The maximum Gasteiger partial charge on any atom is 0.241 e. The normalized spacial score (nSPS) is 26.1. The van der Waals surface area contributed by atoms with Crippen LogP contribution in [0.4, 0.5) is 0 Å². The van der Waals surface area contributed by atoms with Gasteiger partial charge in [0.25, 0.3) is 0 Å². The Morgan fingerprint density at radius 1 is 1.22 bits per heavy atom. The molecule has 0 bridgehead atoms. The number of hydrogen-bond donors (Lipinski definition) is 1. The third-order valence-corrected chi connectivity index (χ3v) is 3.74. The number of amides is 1. The van der Waals surface area contributed by atoms with Crippen LogP contribution in [0.25, 0.3) is 0 Å². The van der Waals surface area contributed by atoms with E-state index < -0.39 is 0 Å². The second kappa shape index (κ2) is 7.13. The van der Waals surface area contributed by atoms with Crippen molar-refractivity contribution < 1.29 is 4.79 Å². The Hall–Kier alpha value is -0.570. The van der Waals surface area contributed by atoms with E-state index >= 15 is 0 Å². The molecule has 18 heavy (non-hydrogen) atoms. The van der Waals surface area contributed by atoms with Gasteiger partial charge in [-0.1, -0.05) is 40.5 Å². The monoisotopic (exact) mass is 254 g/mol. The summed E-state index contributed by atoms with van der Waals surface area (Å²) in [5, 5.41) is 3.54. The predicted molar refractivity (Wildman–Crippen MR) is 76.3 cm³/mol. The van der Waals surface area contributed by atoms with Crippen molar-refractivity contribution in [1.29, 1.82) is 0 Å². The van der Waals surface area contributed by atoms with Gasteiger partial charge in [0, 0.05) is 6.04 Å². The van der Waals surface area contributed by atoms with Crippen molar-refractivity contribution in [3.05, 3.63) is 0 Å². The van der Waals surface area contributed by atoms with E-state index in [-0.39, 0.29) is 12.2 Å². The van der Waals surface area contributed by atoms with E-state index in [0.29, 0.717) is 17.9 Å². The van der Waals surface area contributed by atoms with Crippen molar-refractivity contribution in [2.24, 2.45) is 5.92 Å². The smallest absolute Gasteiger partial charge is 0.241 e. The molecule has 1 fully saturated rings. The molecule has 0 radical (unpaired) electrons. The van der Waals surface area contributed by atoms with Crippen LogP contribution >= 0.6 is 0 Å². The number of nitrogens with one attached hydrogen (secondary N) is 1. The summed E-state index contributed by atoms with van der Waals surface area (Å²) in [4.78, 5) is 14.6. The SMILES string of the molecule is CCCC1NC(CC(C)C)N(C(C)CCC)C1=O. The molecule has 1 amide bonds. The van der Waals surface area contributed by atoms with Crippen LogP contribution in [0, 0.1) is 5.92 Å². The van der Waals surface area contributed by atoms with Crippen molar-refractivity contribution in [2.75, 3.05) is 0 Å². The van der Waals surface area contributed by atoms with E-state index in [1.165, 1.54) is 0 Å². The van der Waals surface area contributed by atoms with Gasteiger partial charge in [-0.05, 0) is 32.1 Å². The first-order chi connectivity index (χ1) is 8.51. The maximum absolute atomic E-state index is 12.5. The van der Waals surface area contributed by atoms with Crippen molar-refractivity contribution in [1.82, 2.24) is 10.2 Å². The van der Waals surface area contributed by atoms with E-state index in [1.54, 1.807) is 0 Å². The van der Waals surface area contributed by atoms with Crippen molar-refractivity contribution in [3.63, 3.8) is 0 Å². The third kappa shape index (κ3) is 3.71. The van der Waals surface area contributed by atoms with Gasteiger partial charge in [-0.15, -0.1) is 0 Å². The second-order valence-corrected chi connectivity index (χ2v) is 6.04. The molecular formula is C15H30N2O. The highest BCUT2D eigenvalue weighted by atomic mass is 16.2. The van der Waals surface area contributed by atoms with Crippen LogP contribution in [0.15, 0.2) is 0 Å². The van der Waals surface area contributed by atoms with Crippen molar-refractivity contribution >= 4 is 5.91 Å². The Kier molecular flexibility index (Phi) is 6.13. The highest BCUT2D eigenvalue weighted by molar-refractivity contribution is 5.84. The molecule has 1 rings (SSSR count). The number of carbonyl (C=O) groups excluding carboxylic acids is 1. The fourth-order valence-corrected chi connectivity index (χ4v) is 2.92. The molecule has 0 aromatic rings. The fourth-order valence-electron chi connectivity index (χ4n) is 2.92. The van der Waals surface area contributed by atoms with Gasteiger partial charge in [0.1, 0.15) is 0 Å². The van der Waals surface area contributed by atoms with E-state index in [1.807, 2.05) is 0 Å². The summed E-state index contributed by atoms with van der Waals surface area (Å²) in [5.74, 6) is 0.940. The van der Waals surface area contributed by atoms with Gasteiger partial charge in [-0.3, -0.25) is 10.1 Å². The molecule has 0 spiro atoms. The molecule has 0 aliphatic carbocycles. The van der Waals surface area contributed by atoms with Crippen LogP contribution in [0.3, 0.4) is 0 Å². The van der Waals surface area contributed by atoms with Crippen LogP contribution in [0.1, 0.15) is 66.7 Å². The standard InChI is InChI=1S/C15H30N2O/c1-6-8-12(5)17-14(10-11(3)4)16-13(9-7-2)15(17)18/h11-14,16H,6-10H2,1-5H3. The van der Waals surface area contributed by atoms with Gasteiger partial charge in [-0.25, -0.2) is 0 Å². The first-order valence-corrected chi connectivity index (χ1v) is 7.59. The summed E-state index contributed by atoms with van der Waals surface area (Å²) >= 11 is 0. The lowest BCUT2D eigenvalue weighted by atomic mass is 10.1. The lowest BCUT2D eigenvalue weighted by Gasteiger charge is -2.31. The van der Waals surface area contributed by atoms with Gasteiger partial charge in [0.05, 0.1) is 12.2 Å². The zero-order chi connectivity index (χ0) is 13.7. The number of rotatable bonds is 7. The van der Waals surface area contributed by atoms with Crippen LogP contribution in [0.5, 0.6) is 0 Å². The highest BCUT2D eigenvalue weighted by Crippen LogP contribution is 2.24. The molecule has 106 valence electrons. The summed E-state index contributed by atoms with van der Waals surface area (Å²) in [6, 6.07) is 0.415. The fraction of sp³-hybridized carbons (Fsp3) is 0.933. The summed E-state index contributed by atoms with van der Waals surface area (Å²) in [6.45, 7) is 11.0. The lowest BCUT2D eigenvalue weighted by Crippen LogP contribution is -2.43. The molecule has 3 nitrogen and oxygen atoms in total. The summed E-state index contributed by atoms with van der Waals surface area (Å²) in [6.07, 6.45) is 5.56. The molecule has 3 atom stereocenters. The molecular weight excluding hydrogens is 224 g/mol. The number of nitrogens with zero attached hydrogens (tertiary/aromatic N) is 1. The minimum atomic E-state index is 0.0538. The Balaban J connectivity index is 2.75. The summed E-state index contributed by atoms with van der Waals surface area (Å²) in [7, 11) is 0. The average molecular weight is 254 g/mol. The highest BCUT2D eigenvalue weighted by Gasteiger charge is 2.40. The van der Waals surface area contributed by atoms with E-state index in [9.17, 15) is 4.79 Å². The zero-order valence-electron chi connectivity index (χ0n) is 12.7. The van der Waals surface area contributed by atoms with Gasteiger partial charge >= 0.3 is 0 Å². The quantitative estimate of drug-likeness (QED) is 0.757. The van der Waals surface area contributed by atoms with Crippen molar-refractivity contribution in [2.45, 2.75) is 85.0 Å². The molecule has 1 saturated heterocycles. The van der Waals surface area contributed by atoms with Gasteiger partial charge in [-0.2, -0.15) is 0 Å². The van der Waals surface area contributed by atoms with Crippen molar-refractivity contribution in [3.8, 4) is 0 Å². The van der Waals surface area contributed by atoms with E-state index in [0.717, 1.165) is 32.1 Å². The zero-order valence-corrected chi connectivity index (χ0v) is 12.7. The first kappa shape index (κ1) is 15.5. The topological polar surface area (TPSA) is 32.3 Å². The second-order valence-electron chi connectivity index (χ2n) is 6.04. The minimum absolute atomic E-state index is 0.0538. The largest absolute Gasteiger partial charge is 0.323 e.